The van der Waals surface area contributed by atoms with Gasteiger partial charge in [-0.05, 0) is 50.1 Å². The number of carbonyl (C=O) groups is 2. The second-order valence-electron chi connectivity index (χ2n) is 6.64. The number of benzene rings is 2. The van der Waals surface area contributed by atoms with Crippen molar-refractivity contribution in [3.05, 3.63) is 64.9 Å². The van der Waals surface area contributed by atoms with Gasteiger partial charge in [-0.3, -0.25) is 4.79 Å². The van der Waals surface area contributed by atoms with Crippen LogP contribution in [0.15, 0.2) is 46.9 Å². The minimum atomic E-state index is -0.675. The zero-order valence-corrected chi connectivity index (χ0v) is 16.4. The number of esters is 1. The maximum absolute atomic E-state index is 12.4. The van der Waals surface area contributed by atoms with Gasteiger partial charge in [-0.25, -0.2) is 4.79 Å². The Morgan fingerprint density at radius 2 is 1.89 bits per heavy atom. The predicted octanol–water partition coefficient (Wildman–Crippen LogP) is 4.09. The van der Waals surface area contributed by atoms with Gasteiger partial charge in [0, 0.05) is 10.9 Å². The van der Waals surface area contributed by atoms with Crippen LogP contribution in [0.3, 0.4) is 0 Å². The van der Waals surface area contributed by atoms with Crippen molar-refractivity contribution in [2.45, 2.75) is 26.8 Å². The van der Waals surface area contributed by atoms with E-state index in [9.17, 15) is 9.59 Å². The molecule has 6 heteroatoms. The molecule has 0 saturated heterocycles. The summed E-state index contributed by atoms with van der Waals surface area (Å²) in [6.07, 6.45) is 0. The molecule has 0 fully saturated rings. The lowest BCUT2D eigenvalue weighted by molar-refractivity contribution is -0.124. The van der Waals surface area contributed by atoms with Crippen molar-refractivity contribution in [2.75, 3.05) is 13.7 Å². The first-order valence-electron chi connectivity index (χ1n) is 9.00. The summed E-state index contributed by atoms with van der Waals surface area (Å²) in [5, 5.41) is 3.60. The molecule has 0 saturated carbocycles. The molecule has 0 bridgehead atoms. The Morgan fingerprint density at radius 3 is 2.61 bits per heavy atom. The molecule has 6 nitrogen and oxygen atoms in total. The Hall–Kier alpha value is -3.28. The highest BCUT2D eigenvalue weighted by Gasteiger charge is 2.21. The number of methoxy groups -OCH3 is 1. The largest absolute Gasteiger partial charge is 0.497 e. The molecule has 1 aromatic heterocycles. The normalized spacial score (nSPS) is 11.9. The van der Waals surface area contributed by atoms with E-state index in [0.29, 0.717) is 16.9 Å². The standard InChI is InChI=1S/C22H23NO5/c1-13-7-5-6-8-17(13)15(3)23-20(24)12-27-22(25)21-14(2)18-11-16(26-4)9-10-19(18)28-21/h5-11,15H,12H2,1-4H3,(H,23,24)/t15-/m0/s1. The molecule has 2 aromatic carbocycles. The molecule has 28 heavy (non-hydrogen) atoms. The van der Waals surface area contributed by atoms with E-state index >= 15 is 0 Å². The van der Waals surface area contributed by atoms with Gasteiger partial charge in [0.25, 0.3) is 5.91 Å². The summed E-state index contributed by atoms with van der Waals surface area (Å²) in [6, 6.07) is 12.9. The fourth-order valence-corrected chi connectivity index (χ4v) is 3.15. The van der Waals surface area contributed by atoms with Crippen LogP contribution in [0.25, 0.3) is 11.0 Å². The summed E-state index contributed by atoms with van der Waals surface area (Å²) in [7, 11) is 1.57. The number of fused-ring (bicyclic) bond motifs is 1. The minimum Gasteiger partial charge on any atom is -0.497 e. The number of hydrogen-bond donors (Lipinski definition) is 1. The number of aryl methyl sites for hydroxylation is 2. The van der Waals surface area contributed by atoms with Crippen molar-refractivity contribution in [3.63, 3.8) is 0 Å². The molecule has 146 valence electrons. The van der Waals surface area contributed by atoms with Crippen LogP contribution in [0.2, 0.25) is 0 Å². The van der Waals surface area contributed by atoms with Crippen LogP contribution >= 0.6 is 0 Å². The number of nitrogens with one attached hydrogen (secondary N) is 1. The molecule has 0 spiro atoms. The first-order valence-corrected chi connectivity index (χ1v) is 9.00. The molecule has 0 aliphatic heterocycles. The van der Waals surface area contributed by atoms with Crippen LogP contribution in [0.1, 0.15) is 40.2 Å². The van der Waals surface area contributed by atoms with Crippen LogP contribution in [-0.2, 0) is 9.53 Å². The van der Waals surface area contributed by atoms with E-state index in [4.69, 9.17) is 13.9 Å². The summed E-state index contributed by atoms with van der Waals surface area (Å²) in [5.41, 5.74) is 3.31. The quantitative estimate of drug-likeness (QED) is 0.651. The van der Waals surface area contributed by atoms with E-state index < -0.39 is 5.97 Å². The summed E-state index contributed by atoms with van der Waals surface area (Å²) >= 11 is 0. The molecule has 0 radical (unpaired) electrons. The molecule has 0 unspecified atom stereocenters. The first kappa shape index (κ1) is 19.5. The molecule has 1 atom stereocenters. The lowest BCUT2D eigenvalue weighted by atomic mass is 10.0. The summed E-state index contributed by atoms with van der Waals surface area (Å²) in [5.74, 6) is -0.296. The molecule has 1 N–H and O–H groups in total. The van der Waals surface area contributed by atoms with Crippen molar-refractivity contribution in [1.29, 1.82) is 0 Å². The molecule has 3 aromatic rings. The number of furan rings is 1. The SMILES string of the molecule is COc1ccc2oc(C(=O)OCC(=O)N[C@@H](C)c3ccccc3C)c(C)c2c1. The molecular weight excluding hydrogens is 358 g/mol. The van der Waals surface area contributed by atoms with E-state index in [1.165, 1.54) is 0 Å². The number of hydrogen-bond acceptors (Lipinski definition) is 5. The Bertz CT molecular complexity index is 1020. The monoisotopic (exact) mass is 381 g/mol. The molecule has 0 aliphatic rings. The van der Waals surface area contributed by atoms with Crippen molar-refractivity contribution in [2.24, 2.45) is 0 Å². The Balaban J connectivity index is 1.64. The second-order valence-corrected chi connectivity index (χ2v) is 6.64. The number of carbonyl (C=O) groups excluding carboxylic acids is 2. The summed E-state index contributed by atoms with van der Waals surface area (Å²) in [4.78, 5) is 24.6. The number of amides is 1. The maximum atomic E-state index is 12.4. The van der Waals surface area contributed by atoms with Crippen molar-refractivity contribution in [1.82, 2.24) is 5.32 Å². The van der Waals surface area contributed by atoms with E-state index in [-0.39, 0.29) is 24.3 Å². The Kier molecular flexibility index (Phi) is 5.68. The van der Waals surface area contributed by atoms with Gasteiger partial charge in [0.15, 0.2) is 6.61 Å². The first-order chi connectivity index (χ1) is 13.4. The van der Waals surface area contributed by atoms with Crippen molar-refractivity contribution in [3.8, 4) is 5.75 Å². The third-order valence-corrected chi connectivity index (χ3v) is 4.70. The minimum absolute atomic E-state index is 0.0861. The van der Waals surface area contributed by atoms with Crippen LogP contribution < -0.4 is 10.1 Å². The van der Waals surface area contributed by atoms with E-state index in [1.807, 2.05) is 38.1 Å². The average molecular weight is 381 g/mol. The summed E-state index contributed by atoms with van der Waals surface area (Å²) in [6.45, 7) is 5.26. The lowest BCUT2D eigenvalue weighted by Gasteiger charge is -2.16. The van der Waals surface area contributed by atoms with Crippen LogP contribution in [0.5, 0.6) is 5.75 Å². The molecule has 1 heterocycles. The highest BCUT2D eigenvalue weighted by atomic mass is 16.5. The topological polar surface area (TPSA) is 77.8 Å². The highest BCUT2D eigenvalue weighted by Crippen LogP contribution is 2.29. The smallest absolute Gasteiger partial charge is 0.375 e. The Labute approximate surface area is 163 Å². The zero-order chi connectivity index (χ0) is 20.3. The van der Waals surface area contributed by atoms with Gasteiger partial charge in [0.1, 0.15) is 11.3 Å². The van der Waals surface area contributed by atoms with Gasteiger partial charge in [-0.15, -0.1) is 0 Å². The van der Waals surface area contributed by atoms with Crippen LogP contribution in [0, 0.1) is 13.8 Å². The zero-order valence-electron chi connectivity index (χ0n) is 16.4. The summed E-state index contributed by atoms with van der Waals surface area (Å²) < 4.78 is 15.9. The van der Waals surface area contributed by atoms with Crippen molar-refractivity contribution >= 4 is 22.8 Å². The fraction of sp³-hybridized carbons (Fsp3) is 0.273. The van der Waals surface area contributed by atoms with E-state index in [1.54, 1.807) is 32.2 Å². The van der Waals surface area contributed by atoms with Gasteiger partial charge >= 0.3 is 5.97 Å². The van der Waals surface area contributed by atoms with E-state index in [0.717, 1.165) is 16.5 Å². The maximum Gasteiger partial charge on any atom is 0.375 e. The van der Waals surface area contributed by atoms with Gasteiger partial charge in [0.2, 0.25) is 5.76 Å². The number of ether oxygens (including phenoxy) is 2. The van der Waals surface area contributed by atoms with E-state index in [2.05, 4.69) is 5.32 Å². The lowest BCUT2D eigenvalue weighted by Crippen LogP contribution is -2.31. The van der Waals surface area contributed by atoms with Crippen LogP contribution in [-0.4, -0.2) is 25.6 Å². The molecule has 3 rings (SSSR count). The number of rotatable bonds is 6. The highest BCUT2D eigenvalue weighted by molar-refractivity contribution is 5.97. The van der Waals surface area contributed by atoms with Gasteiger partial charge in [-0.1, -0.05) is 24.3 Å². The fourth-order valence-electron chi connectivity index (χ4n) is 3.15. The Morgan fingerprint density at radius 1 is 1.14 bits per heavy atom. The van der Waals surface area contributed by atoms with Gasteiger partial charge < -0.3 is 19.2 Å². The molecular formula is C22H23NO5. The molecule has 1 amide bonds. The van der Waals surface area contributed by atoms with Gasteiger partial charge in [0.05, 0.1) is 13.2 Å². The van der Waals surface area contributed by atoms with Gasteiger partial charge in [-0.2, -0.15) is 0 Å². The third kappa shape index (κ3) is 4.01. The van der Waals surface area contributed by atoms with Crippen molar-refractivity contribution < 1.29 is 23.5 Å². The molecule has 0 aliphatic carbocycles. The predicted molar refractivity (Wildman–Crippen MR) is 106 cm³/mol. The van der Waals surface area contributed by atoms with Crippen LogP contribution in [0.4, 0.5) is 0 Å². The second kappa shape index (κ2) is 8.17. The average Bonchev–Trinajstić information content (AvgIpc) is 3.02. The third-order valence-electron chi connectivity index (χ3n) is 4.70.